The summed E-state index contributed by atoms with van der Waals surface area (Å²) in [5, 5.41) is 3.47. The molecule has 1 aliphatic heterocycles. The Kier molecular flexibility index (Phi) is 5.58. The normalized spacial score (nSPS) is 20.2. The molecule has 2 rings (SSSR count). The van der Waals surface area contributed by atoms with Gasteiger partial charge in [0.05, 0.1) is 12.8 Å². The van der Waals surface area contributed by atoms with E-state index >= 15 is 0 Å². The highest BCUT2D eigenvalue weighted by atomic mass is 32.2. The van der Waals surface area contributed by atoms with Gasteiger partial charge in [0.25, 0.3) is 0 Å². The maximum atomic E-state index is 5.70. The third-order valence-electron chi connectivity index (χ3n) is 3.84. The predicted octanol–water partition coefficient (Wildman–Crippen LogP) is 3.50. The van der Waals surface area contributed by atoms with Crippen LogP contribution in [-0.2, 0) is 13.1 Å². The molecule has 0 unspecified atom stereocenters. The molecule has 0 aliphatic carbocycles. The summed E-state index contributed by atoms with van der Waals surface area (Å²) < 4.78 is 6.12. The standard InChI is InChI=1S/C16H28N2OS/c1-13(2)17-11-14-5-9-19-15(14)12-18-7-6-16(3,4)20-10-8-18/h5,9,13,17H,6-8,10-12H2,1-4H3. The molecule has 20 heavy (non-hydrogen) atoms. The van der Waals surface area contributed by atoms with Gasteiger partial charge in [0.15, 0.2) is 0 Å². The van der Waals surface area contributed by atoms with E-state index in [1.165, 1.54) is 17.7 Å². The Morgan fingerprint density at radius 3 is 2.95 bits per heavy atom. The first-order valence-electron chi connectivity index (χ1n) is 7.61. The zero-order chi connectivity index (χ0) is 14.6. The van der Waals surface area contributed by atoms with E-state index in [2.05, 4.69) is 55.7 Å². The van der Waals surface area contributed by atoms with Crippen LogP contribution in [0.25, 0.3) is 0 Å². The molecule has 3 nitrogen and oxygen atoms in total. The van der Waals surface area contributed by atoms with Gasteiger partial charge in [-0.15, -0.1) is 0 Å². The van der Waals surface area contributed by atoms with Crippen LogP contribution in [0.4, 0.5) is 0 Å². The van der Waals surface area contributed by atoms with E-state index in [0.717, 1.165) is 31.9 Å². The monoisotopic (exact) mass is 296 g/mol. The molecule has 114 valence electrons. The van der Waals surface area contributed by atoms with Gasteiger partial charge in [0, 0.05) is 35.2 Å². The fraction of sp³-hybridized carbons (Fsp3) is 0.750. The van der Waals surface area contributed by atoms with E-state index in [-0.39, 0.29) is 0 Å². The molecular formula is C16H28N2OS. The molecule has 1 aromatic heterocycles. The number of hydrogen-bond acceptors (Lipinski definition) is 4. The van der Waals surface area contributed by atoms with Crippen molar-refractivity contribution in [3.8, 4) is 0 Å². The van der Waals surface area contributed by atoms with Crippen molar-refractivity contribution in [2.75, 3.05) is 18.8 Å². The molecule has 0 spiro atoms. The topological polar surface area (TPSA) is 28.4 Å². The summed E-state index contributed by atoms with van der Waals surface area (Å²) in [6, 6.07) is 2.61. The average Bonchev–Trinajstić information content (AvgIpc) is 2.72. The van der Waals surface area contributed by atoms with Crippen molar-refractivity contribution in [3.05, 3.63) is 23.7 Å². The summed E-state index contributed by atoms with van der Waals surface area (Å²) in [5.74, 6) is 2.34. The summed E-state index contributed by atoms with van der Waals surface area (Å²) in [6.07, 6.45) is 3.07. The highest BCUT2D eigenvalue weighted by Gasteiger charge is 2.24. The van der Waals surface area contributed by atoms with Gasteiger partial charge in [0.1, 0.15) is 5.76 Å². The molecule has 0 amide bonds. The second-order valence-electron chi connectivity index (χ2n) is 6.54. The first-order valence-corrected chi connectivity index (χ1v) is 8.60. The van der Waals surface area contributed by atoms with E-state index in [9.17, 15) is 0 Å². The third kappa shape index (κ3) is 4.83. The van der Waals surface area contributed by atoms with Crippen molar-refractivity contribution in [3.63, 3.8) is 0 Å². The van der Waals surface area contributed by atoms with Crippen LogP contribution in [0.1, 0.15) is 45.4 Å². The van der Waals surface area contributed by atoms with Gasteiger partial charge in [-0.1, -0.05) is 27.7 Å². The number of furan rings is 1. The maximum Gasteiger partial charge on any atom is 0.122 e. The minimum Gasteiger partial charge on any atom is -0.468 e. The lowest BCUT2D eigenvalue weighted by atomic mass is 10.1. The van der Waals surface area contributed by atoms with Gasteiger partial charge >= 0.3 is 0 Å². The van der Waals surface area contributed by atoms with Crippen molar-refractivity contribution in [2.45, 2.75) is 58.0 Å². The molecular weight excluding hydrogens is 268 g/mol. The number of hydrogen-bond donors (Lipinski definition) is 1. The predicted molar refractivity (Wildman–Crippen MR) is 87.1 cm³/mol. The molecule has 0 radical (unpaired) electrons. The number of rotatable bonds is 5. The van der Waals surface area contributed by atoms with Gasteiger partial charge in [-0.3, -0.25) is 4.90 Å². The largest absolute Gasteiger partial charge is 0.468 e. The summed E-state index contributed by atoms with van der Waals surface area (Å²) in [5.41, 5.74) is 1.30. The van der Waals surface area contributed by atoms with E-state index in [1.54, 1.807) is 0 Å². The molecule has 0 aromatic carbocycles. The van der Waals surface area contributed by atoms with Gasteiger partial charge in [-0.05, 0) is 19.0 Å². The highest BCUT2D eigenvalue weighted by molar-refractivity contribution is 8.00. The van der Waals surface area contributed by atoms with Crippen LogP contribution in [0.5, 0.6) is 0 Å². The zero-order valence-electron chi connectivity index (χ0n) is 13.2. The van der Waals surface area contributed by atoms with Crippen molar-refractivity contribution in [1.82, 2.24) is 10.2 Å². The number of thioether (sulfide) groups is 1. The smallest absolute Gasteiger partial charge is 0.122 e. The van der Waals surface area contributed by atoms with Gasteiger partial charge in [0.2, 0.25) is 0 Å². The molecule has 1 aliphatic rings. The van der Waals surface area contributed by atoms with Crippen molar-refractivity contribution in [2.24, 2.45) is 0 Å². The number of nitrogens with zero attached hydrogens (tertiary/aromatic N) is 1. The molecule has 0 atom stereocenters. The molecule has 0 bridgehead atoms. The van der Waals surface area contributed by atoms with E-state index in [0.29, 0.717) is 10.8 Å². The lowest BCUT2D eigenvalue weighted by molar-refractivity contribution is 0.251. The van der Waals surface area contributed by atoms with Crippen LogP contribution in [-0.4, -0.2) is 34.5 Å². The Morgan fingerprint density at radius 2 is 2.20 bits per heavy atom. The number of nitrogens with one attached hydrogen (secondary N) is 1. The Labute approximate surface area is 127 Å². The summed E-state index contributed by atoms with van der Waals surface area (Å²) in [6.45, 7) is 13.2. The fourth-order valence-electron chi connectivity index (χ4n) is 2.40. The molecule has 2 heterocycles. The van der Waals surface area contributed by atoms with Crippen LogP contribution in [0.2, 0.25) is 0 Å². The van der Waals surface area contributed by atoms with Crippen LogP contribution in [0.15, 0.2) is 16.7 Å². The zero-order valence-corrected chi connectivity index (χ0v) is 14.1. The molecule has 1 N–H and O–H groups in total. The lowest BCUT2D eigenvalue weighted by Crippen LogP contribution is -2.28. The molecule has 0 saturated carbocycles. The Hall–Kier alpha value is -0.450. The summed E-state index contributed by atoms with van der Waals surface area (Å²) >= 11 is 2.09. The van der Waals surface area contributed by atoms with Gasteiger partial charge < -0.3 is 9.73 Å². The Morgan fingerprint density at radius 1 is 1.40 bits per heavy atom. The summed E-state index contributed by atoms with van der Waals surface area (Å²) in [4.78, 5) is 2.53. The second-order valence-corrected chi connectivity index (χ2v) is 8.34. The van der Waals surface area contributed by atoms with Crippen LogP contribution in [0.3, 0.4) is 0 Å². The lowest BCUT2D eigenvalue weighted by Gasteiger charge is -2.22. The van der Waals surface area contributed by atoms with Crippen molar-refractivity contribution >= 4 is 11.8 Å². The van der Waals surface area contributed by atoms with E-state index in [4.69, 9.17) is 4.42 Å². The minimum atomic E-state index is 0.417. The van der Waals surface area contributed by atoms with Crippen LogP contribution < -0.4 is 5.32 Å². The van der Waals surface area contributed by atoms with E-state index < -0.39 is 0 Å². The third-order valence-corrected chi connectivity index (χ3v) is 5.21. The average molecular weight is 296 g/mol. The minimum absolute atomic E-state index is 0.417. The molecule has 4 heteroatoms. The fourth-order valence-corrected chi connectivity index (χ4v) is 3.54. The molecule has 1 saturated heterocycles. The van der Waals surface area contributed by atoms with Crippen molar-refractivity contribution in [1.29, 1.82) is 0 Å². The SMILES string of the molecule is CC(C)NCc1ccoc1CN1CCSC(C)(C)CC1. The van der Waals surface area contributed by atoms with Gasteiger partial charge in [-0.2, -0.15) is 11.8 Å². The maximum absolute atomic E-state index is 5.70. The van der Waals surface area contributed by atoms with Crippen LogP contribution >= 0.6 is 11.8 Å². The van der Waals surface area contributed by atoms with Gasteiger partial charge in [-0.25, -0.2) is 0 Å². The first-order chi connectivity index (χ1) is 9.46. The quantitative estimate of drug-likeness (QED) is 0.900. The Bertz CT molecular complexity index is 414. The molecule has 1 fully saturated rings. The van der Waals surface area contributed by atoms with Crippen LogP contribution in [0, 0.1) is 0 Å². The second kappa shape index (κ2) is 7.01. The van der Waals surface area contributed by atoms with E-state index in [1.807, 2.05) is 6.26 Å². The molecule has 1 aromatic rings. The summed E-state index contributed by atoms with van der Waals surface area (Å²) in [7, 11) is 0. The van der Waals surface area contributed by atoms with Crippen molar-refractivity contribution < 1.29 is 4.42 Å². The highest BCUT2D eigenvalue weighted by Crippen LogP contribution is 2.31. The Balaban J connectivity index is 1.91. The first kappa shape index (κ1) is 15.9.